The zero-order valence-corrected chi connectivity index (χ0v) is 10.6. The monoisotopic (exact) mass is 284 g/mol. The molecule has 108 valence electrons. The molecule has 0 aromatic heterocycles. The molecule has 20 heavy (non-hydrogen) atoms. The van der Waals surface area contributed by atoms with Crippen molar-refractivity contribution >= 4 is 17.6 Å². The standard InChI is InChI=1S/C13H14F2N2O3/c14-9-6-10(15)11(16)5-8(9)13(19)20-4-3-12(18)17-7-1-2-7/h5-7H,1-4,16H2,(H,17,18). The third-order valence-electron chi connectivity index (χ3n) is 2.81. The van der Waals surface area contributed by atoms with Crippen LogP contribution in [0.25, 0.3) is 0 Å². The molecule has 0 heterocycles. The van der Waals surface area contributed by atoms with Crippen molar-refractivity contribution in [3.05, 3.63) is 29.3 Å². The Morgan fingerprint density at radius 1 is 1.30 bits per heavy atom. The molecule has 2 rings (SSSR count). The van der Waals surface area contributed by atoms with Crippen molar-refractivity contribution in [1.82, 2.24) is 5.32 Å². The Hall–Kier alpha value is -2.18. The zero-order valence-electron chi connectivity index (χ0n) is 10.6. The van der Waals surface area contributed by atoms with Crippen molar-refractivity contribution in [2.45, 2.75) is 25.3 Å². The van der Waals surface area contributed by atoms with E-state index in [1.807, 2.05) is 0 Å². The Bertz CT molecular complexity index is 545. The maximum atomic E-state index is 13.4. The van der Waals surface area contributed by atoms with E-state index in [1.54, 1.807) is 0 Å². The van der Waals surface area contributed by atoms with Gasteiger partial charge < -0.3 is 15.8 Å². The van der Waals surface area contributed by atoms with Gasteiger partial charge in [-0.2, -0.15) is 0 Å². The van der Waals surface area contributed by atoms with Crippen LogP contribution in [0.1, 0.15) is 29.6 Å². The van der Waals surface area contributed by atoms with Gasteiger partial charge >= 0.3 is 5.97 Å². The normalized spacial score (nSPS) is 13.9. The van der Waals surface area contributed by atoms with Crippen molar-refractivity contribution in [2.75, 3.05) is 12.3 Å². The number of nitrogen functional groups attached to an aromatic ring is 1. The van der Waals surface area contributed by atoms with Crippen LogP contribution in [0, 0.1) is 11.6 Å². The van der Waals surface area contributed by atoms with Gasteiger partial charge in [-0.15, -0.1) is 0 Å². The molecule has 0 radical (unpaired) electrons. The van der Waals surface area contributed by atoms with Gasteiger partial charge in [0.15, 0.2) is 0 Å². The fraction of sp³-hybridized carbons (Fsp3) is 0.385. The number of hydrogen-bond donors (Lipinski definition) is 2. The fourth-order valence-electron chi connectivity index (χ4n) is 1.56. The molecule has 1 fully saturated rings. The third-order valence-corrected chi connectivity index (χ3v) is 2.81. The van der Waals surface area contributed by atoms with E-state index in [-0.39, 0.29) is 30.7 Å². The van der Waals surface area contributed by atoms with E-state index >= 15 is 0 Å². The van der Waals surface area contributed by atoms with E-state index in [0.717, 1.165) is 18.9 Å². The van der Waals surface area contributed by atoms with Crippen LogP contribution in [0.2, 0.25) is 0 Å². The van der Waals surface area contributed by atoms with E-state index < -0.39 is 23.2 Å². The molecule has 1 aliphatic carbocycles. The SMILES string of the molecule is Nc1cc(C(=O)OCCC(=O)NC2CC2)c(F)cc1F. The first-order valence-electron chi connectivity index (χ1n) is 6.18. The van der Waals surface area contributed by atoms with Crippen molar-refractivity contribution < 1.29 is 23.1 Å². The molecule has 5 nitrogen and oxygen atoms in total. The van der Waals surface area contributed by atoms with Gasteiger partial charge in [0, 0.05) is 12.1 Å². The lowest BCUT2D eigenvalue weighted by Gasteiger charge is -2.07. The predicted molar refractivity (Wildman–Crippen MR) is 66.8 cm³/mol. The molecular weight excluding hydrogens is 270 g/mol. The Morgan fingerprint density at radius 2 is 2.00 bits per heavy atom. The number of hydrogen-bond acceptors (Lipinski definition) is 4. The lowest BCUT2D eigenvalue weighted by atomic mass is 10.2. The van der Waals surface area contributed by atoms with Gasteiger partial charge in [0.05, 0.1) is 17.7 Å². The van der Waals surface area contributed by atoms with Crippen molar-refractivity contribution in [1.29, 1.82) is 0 Å². The number of nitrogens with one attached hydrogen (secondary N) is 1. The molecule has 7 heteroatoms. The molecule has 0 spiro atoms. The summed E-state index contributed by atoms with van der Waals surface area (Å²) in [6.45, 7) is -0.173. The van der Waals surface area contributed by atoms with Crippen molar-refractivity contribution in [3.8, 4) is 0 Å². The maximum absolute atomic E-state index is 13.4. The van der Waals surface area contributed by atoms with E-state index in [4.69, 9.17) is 10.5 Å². The van der Waals surface area contributed by atoms with Gasteiger partial charge in [-0.1, -0.05) is 0 Å². The van der Waals surface area contributed by atoms with Crippen LogP contribution in [0.5, 0.6) is 0 Å². The van der Waals surface area contributed by atoms with Gasteiger partial charge in [-0.25, -0.2) is 13.6 Å². The number of ether oxygens (including phenoxy) is 1. The second-order valence-electron chi connectivity index (χ2n) is 4.58. The van der Waals surface area contributed by atoms with E-state index in [1.165, 1.54) is 0 Å². The number of halogens is 2. The summed E-state index contributed by atoms with van der Waals surface area (Å²) < 4.78 is 31.1. The fourth-order valence-corrected chi connectivity index (χ4v) is 1.56. The molecular formula is C13H14F2N2O3. The van der Waals surface area contributed by atoms with Gasteiger partial charge in [0.1, 0.15) is 18.2 Å². The van der Waals surface area contributed by atoms with Crippen LogP contribution in [0.3, 0.4) is 0 Å². The maximum Gasteiger partial charge on any atom is 0.341 e. The van der Waals surface area contributed by atoms with Gasteiger partial charge in [0.25, 0.3) is 0 Å². The van der Waals surface area contributed by atoms with E-state index in [0.29, 0.717) is 6.07 Å². The Morgan fingerprint density at radius 3 is 2.65 bits per heavy atom. The lowest BCUT2D eigenvalue weighted by Crippen LogP contribution is -2.26. The molecule has 1 aromatic carbocycles. The van der Waals surface area contributed by atoms with Gasteiger partial charge in [-0.05, 0) is 18.9 Å². The summed E-state index contributed by atoms with van der Waals surface area (Å²) in [7, 11) is 0. The van der Waals surface area contributed by atoms with Crippen molar-refractivity contribution in [3.63, 3.8) is 0 Å². The molecule has 1 saturated carbocycles. The highest BCUT2D eigenvalue weighted by Gasteiger charge is 2.23. The number of carbonyl (C=O) groups excluding carboxylic acids is 2. The Balaban J connectivity index is 1.85. The topological polar surface area (TPSA) is 81.4 Å². The number of nitrogens with two attached hydrogens (primary N) is 1. The number of amides is 1. The van der Waals surface area contributed by atoms with Crippen molar-refractivity contribution in [2.24, 2.45) is 0 Å². The molecule has 0 atom stereocenters. The number of carbonyl (C=O) groups is 2. The molecule has 0 bridgehead atoms. The average Bonchev–Trinajstić information content (AvgIpc) is 3.17. The number of rotatable bonds is 5. The second-order valence-corrected chi connectivity index (χ2v) is 4.58. The highest BCUT2D eigenvalue weighted by atomic mass is 19.1. The molecule has 0 saturated heterocycles. The van der Waals surface area contributed by atoms with E-state index in [2.05, 4.69) is 5.32 Å². The van der Waals surface area contributed by atoms with Gasteiger partial charge in [0.2, 0.25) is 5.91 Å². The summed E-state index contributed by atoms with van der Waals surface area (Å²) in [6, 6.07) is 1.62. The number of benzene rings is 1. The summed E-state index contributed by atoms with van der Waals surface area (Å²) in [5, 5.41) is 2.72. The summed E-state index contributed by atoms with van der Waals surface area (Å²) in [5.74, 6) is -3.19. The smallest absolute Gasteiger partial charge is 0.341 e. The zero-order chi connectivity index (χ0) is 14.7. The average molecular weight is 284 g/mol. The first kappa shape index (κ1) is 14.2. The Labute approximate surface area is 114 Å². The highest BCUT2D eigenvalue weighted by Crippen LogP contribution is 2.19. The minimum Gasteiger partial charge on any atom is -0.461 e. The molecule has 1 aromatic rings. The second kappa shape index (κ2) is 5.85. The van der Waals surface area contributed by atoms with Crippen LogP contribution >= 0.6 is 0 Å². The molecule has 1 aliphatic rings. The molecule has 1 amide bonds. The van der Waals surface area contributed by atoms with Gasteiger partial charge in [-0.3, -0.25) is 4.79 Å². The third kappa shape index (κ3) is 3.66. The summed E-state index contributed by atoms with van der Waals surface area (Å²) in [5.41, 5.74) is 4.46. The minimum absolute atomic E-state index is 0.000532. The van der Waals surface area contributed by atoms with Crippen LogP contribution < -0.4 is 11.1 Å². The first-order chi connectivity index (χ1) is 9.47. The lowest BCUT2D eigenvalue weighted by molar-refractivity contribution is -0.121. The molecule has 0 unspecified atom stereocenters. The molecule has 0 aliphatic heterocycles. The van der Waals surface area contributed by atoms with Crippen LogP contribution in [0.15, 0.2) is 12.1 Å². The quantitative estimate of drug-likeness (QED) is 0.632. The predicted octanol–water partition coefficient (Wildman–Crippen LogP) is 1.37. The number of anilines is 1. The number of esters is 1. The summed E-state index contributed by atoms with van der Waals surface area (Å²) in [6.07, 6.45) is 1.93. The highest BCUT2D eigenvalue weighted by molar-refractivity contribution is 5.91. The minimum atomic E-state index is -1.05. The van der Waals surface area contributed by atoms with Crippen LogP contribution in [-0.2, 0) is 9.53 Å². The first-order valence-corrected chi connectivity index (χ1v) is 6.18. The Kier molecular flexibility index (Phi) is 4.16. The summed E-state index contributed by atoms with van der Waals surface area (Å²) in [4.78, 5) is 22.9. The van der Waals surface area contributed by atoms with Crippen LogP contribution in [0.4, 0.5) is 14.5 Å². The largest absolute Gasteiger partial charge is 0.461 e. The molecule has 3 N–H and O–H groups in total. The summed E-state index contributed by atoms with van der Waals surface area (Å²) >= 11 is 0. The van der Waals surface area contributed by atoms with E-state index in [9.17, 15) is 18.4 Å². The van der Waals surface area contributed by atoms with Crippen LogP contribution in [-0.4, -0.2) is 24.5 Å².